The van der Waals surface area contributed by atoms with Crippen LogP contribution in [0.5, 0.6) is 23.0 Å². The molecule has 4 aliphatic heterocycles. The number of hydrogen-bond donors (Lipinski definition) is 4. The SMILES string of the molecule is CN1CC[C@]23c4c5ccc(O)c4O[C@H]2C(=NN=C2CC[C@@]4(O)[C@H]6Cc7ccc(O)c8c7[C@@]4(CCN6C)[C@H]2O8)CC[C@@]3(O)[C@H]1C5. The number of phenols is 2. The predicted octanol–water partition coefficient (Wildman–Crippen LogP) is 2.16. The van der Waals surface area contributed by atoms with Crippen LogP contribution in [-0.2, 0) is 23.7 Å². The number of benzene rings is 2. The number of nitrogens with zero attached hydrogens (tertiary/aromatic N) is 4. The molecule has 0 radical (unpaired) electrons. The molecule has 10 nitrogen and oxygen atoms in total. The molecule has 0 unspecified atom stereocenters. The van der Waals surface area contributed by atoms with E-state index in [-0.39, 0.29) is 23.6 Å². The predicted molar refractivity (Wildman–Crippen MR) is 161 cm³/mol. The third kappa shape index (κ3) is 2.61. The number of phenolic OH excluding ortho intramolecular Hbond substituents is 2. The van der Waals surface area contributed by atoms with Crippen molar-refractivity contribution in [3.63, 3.8) is 0 Å². The molecule has 2 saturated heterocycles. The van der Waals surface area contributed by atoms with Gasteiger partial charge >= 0.3 is 0 Å². The van der Waals surface area contributed by atoms with E-state index in [9.17, 15) is 20.4 Å². The lowest BCUT2D eigenvalue weighted by molar-refractivity contribution is -0.161. The molecule has 230 valence electrons. The maximum Gasteiger partial charge on any atom is 0.166 e. The van der Waals surface area contributed by atoms with E-state index in [2.05, 4.69) is 23.9 Å². The fourth-order valence-electron chi connectivity index (χ4n) is 11.4. The minimum Gasteiger partial charge on any atom is -0.504 e. The Balaban J connectivity index is 1.10. The Morgan fingerprint density at radius 2 is 1.11 bits per heavy atom. The zero-order chi connectivity index (χ0) is 30.0. The average Bonchev–Trinajstić information content (AvgIpc) is 3.54. The summed E-state index contributed by atoms with van der Waals surface area (Å²) in [5.74, 6) is 1.17. The number of aromatic hydroxyl groups is 2. The Morgan fingerprint density at radius 3 is 1.55 bits per heavy atom. The molecule has 2 aromatic rings. The Morgan fingerprint density at radius 1 is 0.682 bits per heavy atom. The summed E-state index contributed by atoms with van der Waals surface area (Å²) in [6, 6.07) is 7.31. The molecule has 0 aromatic heterocycles. The van der Waals surface area contributed by atoms with Crippen molar-refractivity contribution < 1.29 is 29.9 Å². The summed E-state index contributed by atoms with van der Waals surface area (Å²) in [4.78, 5) is 4.55. The van der Waals surface area contributed by atoms with E-state index in [1.165, 1.54) is 0 Å². The van der Waals surface area contributed by atoms with E-state index in [1.54, 1.807) is 12.1 Å². The third-order valence-corrected chi connectivity index (χ3v) is 13.4. The summed E-state index contributed by atoms with van der Waals surface area (Å²) in [6.45, 7) is 1.64. The molecule has 4 fully saturated rings. The Kier molecular flexibility index (Phi) is 4.72. The van der Waals surface area contributed by atoms with Gasteiger partial charge in [-0.25, -0.2) is 0 Å². The van der Waals surface area contributed by atoms with Gasteiger partial charge in [-0.05, 0) is 102 Å². The summed E-state index contributed by atoms with van der Waals surface area (Å²) < 4.78 is 13.2. The summed E-state index contributed by atoms with van der Waals surface area (Å²) in [7, 11) is 4.18. The fraction of sp³-hybridized carbons (Fsp3) is 0.588. The largest absolute Gasteiger partial charge is 0.504 e. The third-order valence-electron chi connectivity index (χ3n) is 13.4. The first kappa shape index (κ1) is 26.1. The zero-order valence-corrected chi connectivity index (χ0v) is 25.1. The van der Waals surface area contributed by atoms with Crippen molar-refractivity contribution in [2.24, 2.45) is 10.2 Å². The highest BCUT2D eigenvalue weighted by Crippen LogP contribution is 2.66. The highest BCUT2D eigenvalue weighted by Gasteiger charge is 2.74. The molecule has 8 atom stereocenters. The molecule has 10 rings (SSSR count). The molecule has 2 spiro atoms. The first-order chi connectivity index (χ1) is 21.1. The van der Waals surface area contributed by atoms with Crippen LogP contribution >= 0.6 is 0 Å². The monoisotopic (exact) mass is 598 g/mol. The number of piperidine rings is 2. The molecule has 2 aromatic carbocycles. The van der Waals surface area contributed by atoms with Gasteiger partial charge in [-0.1, -0.05) is 12.1 Å². The maximum absolute atomic E-state index is 12.5. The zero-order valence-electron chi connectivity index (χ0n) is 25.1. The smallest absolute Gasteiger partial charge is 0.166 e. The van der Waals surface area contributed by atoms with Crippen molar-refractivity contribution in [3.8, 4) is 23.0 Å². The van der Waals surface area contributed by atoms with Gasteiger partial charge in [0.15, 0.2) is 35.2 Å². The molecule has 4 N–H and O–H groups in total. The van der Waals surface area contributed by atoms with Gasteiger partial charge in [0, 0.05) is 23.2 Å². The van der Waals surface area contributed by atoms with Crippen molar-refractivity contribution in [3.05, 3.63) is 46.5 Å². The lowest BCUT2D eigenvalue weighted by atomic mass is 9.49. The molecule has 4 bridgehead atoms. The number of rotatable bonds is 1. The van der Waals surface area contributed by atoms with Gasteiger partial charge in [-0.3, -0.25) is 0 Å². The van der Waals surface area contributed by atoms with Crippen LogP contribution in [0.3, 0.4) is 0 Å². The number of likely N-dealkylation sites (N-methyl/N-ethyl adjacent to an activating group) is 2. The average molecular weight is 599 g/mol. The minimum absolute atomic E-state index is 0.0377. The summed E-state index contributed by atoms with van der Waals surface area (Å²) in [6.07, 6.45) is 3.95. The van der Waals surface area contributed by atoms with Crippen LogP contribution in [0.2, 0.25) is 0 Å². The Hall–Kier alpha value is -3.18. The molecule has 10 heteroatoms. The van der Waals surface area contributed by atoms with Gasteiger partial charge in [0.2, 0.25) is 0 Å². The lowest BCUT2D eigenvalue weighted by Crippen LogP contribution is -2.76. The quantitative estimate of drug-likeness (QED) is 0.368. The fourth-order valence-corrected chi connectivity index (χ4v) is 11.4. The van der Waals surface area contributed by atoms with Crippen molar-refractivity contribution in [1.82, 2.24) is 9.80 Å². The second-order valence-electron chi connectivity index (χ2n) is 14.8. The van der Waals surface area contributed by atoms with Gasteiger partial charge < -0.3 is 39.7 Å². The second kappa shape index (κ2) is 7.96. The minimum atomic E-state index is -1.00. The summed E-state index contributed by atoms with van der Waals surface area (Å²) >= 11 is 0. The van der Waals surface area contributed by atoms with Crippen molar-refractivity contribution in [2.75, 3.05) is 27.2 Å². The Labute approximate surface area is 255 Å². The molecule has 0 amide bonds. The Bertz CT molecular complexity index is 1620. The lowest BCUT2D eigenvalue weighted by Gasteiger charge is -2.62. The van der Waals surface area contributed by atoms with E-state index < -0.39 is 34.2 Å². The molecular weight excluding hydrogens is 560 g/mol. The topological polar surface area (TPSA) is 131 Å². The molecular formula is C34H38N4O6. The standard InChI is InChI=1S/C34H38N4O6/c1-37-13-11-31-25-17-3-5-21(39)27(25)43-29(31)19(7-9-33(31,41)23(37)15-17)35-36-20-8-10-34(42)24-16-18-4-6-22(40)28-26(18)32(34,30(20)44-28)12-14-38(24)2/h3-6,23-24,29-30,39-42H,7-16H2,1-2H3/t23-,24-,29+,30+,31+,32+,33-,34-/m1/s1. The van der Waals surface area contributed by atoms with Gasteiger partial charge in [0.05, 0.1) is 33.5 Å². The summed E-state index contributed by atoms with van der Waals surface area (Å²) in [5.41, 5.74) is 2.31. The highest BCUT2D eigenvalue weighted by molar-refractivity contribution is 5.97. The van der Waals surface area contributed by atoms with Gasteiger partial charge in [0.25, 0.3) is 0 Å². The van der Waals surface area contributed by atoms with Crippen LogP contribution in [0, 0.1) is 0 Å². The van der Waals surface area contributed by atoms with Crippen LogP contribution < -0.4 is 9.47 Å². The maximum atomic E-state index is 12.5. The summed E-state index contributed by atoms with van der Waals surface area (Å²) in [5, 5.41) is 56.7. The van der Waals surface area contributed by atoms with Gasteiger partial charge in [0.1, 0.15) is 0 Å². The van der Waals surface area contributed by atoms with Crippen LogP contribution in [0.4, 0.5) is 0 Å². The van der Waals surface area contributed by atoms with Crippen LogP contribution in [-0.4, -0.2) is 104 Å². The number of ether oxygens (including phenoxy) is 2. The van der Waals surface area contributed by atoms with Gasteiger partial charge in [-0.2, -0.15) is 10.2 Å². The first-order valence-corrected chi connectivity index (χ1v) is 16.2. The van der Waals surface area contributed by atoms with E-state index in [0.717, 1.165) is 59.6 Å². The van der Waals surface area contributed by atoms with Crippen LogP contribution in [0.1, 0.15) is 60.8 Å². The normalized spacial score (nSPS) is 44.3. The molecule has 44 heavy (non-hydrogen) atoms. The first-order valence-electron chi connectivity index (χ1n) is 16.2. The molecule has 8 aliphatic rings. The number of likely N-dealkylation sites (tertiary alicyclic amines) is 2. The van der Waals surface area contributed by atoms with E-state index in [0.29, 0.717) is 50.0 Å². The van der Waals surface area contributed by atoms with E-state index in [1.807, 2.05) is 12.1 Å². The number of hydrogen-bond acceptors (Lipinski definition) is 10. The van der Waals surface area contributed by atoms with Crippen LogP contribution in [0.25, 0.3) is 0 Å². The second-order valence-corrected chi connectivity index (χ2v) is 14.8. The van der Waals surface area contributed by atoms with Crippen LogP contribution in [0.15, 0.2) is 34.5 Å². The molecule has 4 heterocycles. The molecule has 2 saturated carbocycles. The van der Waals surface area contributed by atoms with Crippen molar-refractivity contribution in [1.29, 1.82) is 0 Å². The van der Waals surface area contributed by atoms with E-state index >= 15 is 0 Å². The van der Waals surface area contributed by atoms with Crippen molar-refractivity contribution in [2.45, 2.75) is 97.7 Å². The van der Waals surface area contributed by atoms with Crippen molar-refractivity contribution >= 4 is 11.4 Å². The number of aliphatic hydroxyl groups is 2. The molecule has 4 aliphatic carbocycles. The highest BCUT2D eigenvalue weighted by atomic mass is 16.5. The van der Waals surface area contributed by atoms with Gasteiger partial charge in [-0.15, -0.1) is 0 Å². The van der Waals surface area contributed by atoms with E-state index in [4.69, 9.17) is 19.7 Å².